The number of rotatable bonds is 2. The molecule has 2 rings (SSSR count). The van der Waals surface area contributed by atoms with Crippen LogP contribution in [0.15, 0.2) is 0 Å². The zero-order valence-electron chi connectivity index (χ0n) is 8.41. The zero-order chi connectivity index (χ0) is 10.0. The summed E-state index contributed by atoms with van der Waals surface area (Å²) in [7, 11) is 0. The van der Waals surface area contributed by atoms with Crippen LogP contribution in [-0.2, 0) is 0 Å². The van der Waals surface area contributed by atoms with Gasteiger partial charge in [-0.15, -0.1) is 0 Å². The Balaban J connectivity index is 1.99. The first-order valence-electron chi connectivity index (χ1n) is 5.45. The first kappa shape index (κ1) is 10.3. The van der Waals surface area contributed by atoms with Gasteiger partial charge in [-0.3, -0.25) is 0 Å². The summed E-state index contributed by atoms with van der Waals surface area (Å²) >= 11 is 1.92. The lowest BCUT2D eigenvalue weighted by molar-refractivity contribution is -0.0273. The molecule has 0 aromatic heterocycles. The van der Waals surface area contributed by atoms with E-state index >= 15 is 0 Å². The fourth-order valence-electron chi connectivity index (χ4n) is 2.50. The molecule has 14 heavy (non-hydrogen) atoms. The predicted octanol–water partition coefficient (Wildman–Crippen LogP) is 2.18. The quantitative estimate of drug-likeness (QED) is 0.761. The first-order valence-corrected chi connectivity index (χ1v) is 6.61. The van der Waals surface area contributed by atoms with E-state index in [9.17, 15) is 5.11 Å². The van der Waals surface area contributed by atoms with Gasteiger partial charge in [0.2, 0.25) is 0 Å². The first-order chi connectivity index (χ1) is 6.78. The van der Waals surface area contributed by atoms with Gasteiger partial charge in [0.25, 0.3) is 0 Å². The monoisotopic (exact) mass is 211 g/mol. The molecule has 2 aliphatic rings. The van der Waals surface area contributed by atoms with E-state index in [-0.39, 0.29) is 11.5 Å². The number of nitriles is 1. The smallest absolute Gasteiger partial charge is 0.0835 e. The molecule has 0 bridgehead atoms. The molecule has 0 radical (unpaired) electrons. The van der Waals surface area contributed by atoms with Gasteiger partial charge in [0.05, 0.1) is 17.6 Å². The lowest BCUT2D eigenvalue weighted by Crippen LogP contribution is -2.45. The van der Waals surface area contributed by atoms with Gasteiger partial charge in [-0.25, -0.2) is 0 Å². The fraction of sp³-hybridized carbons (Fsp3) is 0.909. The van der Waals surface area contributed by atoms with Crippen molar-refractivity contribution in [2.75, 3.05) is 11.5 Å². The van der Waals surface area contributed by atoms with E-state index in [1.165, 1.54) is 12.2 Å². The summed E-state index contributed by atoms with van der Waals surface area (Å²) in [6.45, 7) is 0. The zero-order valence-corrected chi connectivity index (χ0v) is 9.22. The molecule has 2 nitrogen and oxygen atoms in total. The van der Waals surface area contributed by atoms with E-state index in [0.717, 1.165) is 31.4 Å². The second kappa shape index (κ2) is 4.12. The Kier molecular flexibility index (Phi) is 3.04. The number of nitrogens with zero attached hydrogens (tertiary/aromatic N) is 1. The molecule has 1 heterocycles. The van der Waals surface area contributed by atoms with Crippen molar-refractivity contribution in [3.05, 3.63) is 0 Å². The minimum absolute atomic E-state index is 0.367. The summed E-state index contributed by atoms with van der Waals surface area (Å²) in [4.78, 5) is 0. The van der Waals surface area contributed by atoms with Crippen molar-refractivity contribution in [2.45, 2.75) is 38.2 Å². The molecule has 0 spiro atoms. The lowest BCUT2D eigenvalue weighted by atomic mass is 9.63. The molecule has 0 aromatic carbocycles. The minimum Gasteiger partial charge on any atom is -0.391 e. The maximum absolute atomic E-state index is 10.2. The average Bonchev–Trinajstić information content (AvgIpc) is 2.18. The summed E-state index contributed by atoms with van der Waals surface area (Å²) in [5.41, 5.74) is -0.372. The lowest BCUT2D eigenvalue weighted by Gasteiger charge is -2.43. The molecular formula is C11H17NOS. The van der Waals surface area contributed by atoms with E-state index in [0.29, 0.717) is 5.92 Å². The summed E-state index contributed by atoms with van der Waals surface area (Å²) in [6.07, 6.45) is 4.88. The fourth-order valence-corrected chi connectivity index (χ4v) is 3.69. The van der Waals surface area contributed by atoms with Crippen LogP contribution in [0.4, 0.5) is 0 Å². The van der Waals surface area contributed by atoms with E-state index in [1.54, 1.807) is 0 Å². The number of hydrogen-bond donors (Lipinski definition) is 1. The van der Waals surface area contributed by atoms with Crippen molar-refractivity contribution in [1.82, 2.24) is 0 Å². The third-order valence-corrected chi connectivity index (χ3v) is 4.92. The van der Waals surface area contributed by atoms with Gasteiger partial charge >= 0.3 is 0 Å². The van der Waals surface area contributed by atoms with Crippen LogP contribution in [0.5, 0.6) is 0 Å². The third-order valence-electron chi connectivity index (χ3n) is 3.68. The van der Waals surface area contributed by atoms with Gasteiger partial charge in [0.1, 0.15) is 0 Å². The van der Waals surface area contributed by atoms with Crippen LogP contribution < -0.4 is 0 Å². The molecule has 2 fully saturated rings. The number of aliphatic hydroxyl groups is 1. The van der Waals surface area contributed by atoms with Crippen LogP contribution in [0.25, 0.3) is 0 Å². The van der Waals surface area contributed by atoms with Crippen LogP contribution >= 0.6 is 11.8 Å². The topological polar surface area (TPSA) is 44.0 Å². The molecular weight excluding hydrogens is 194 g/mol. The summed E-state index contributed by atoms with van der Waals surface area (Å²) in [5.74, 6) is 2.64. The minimum atomic E-state index is -0.372. The van der Waals surface area contributed by atoms with Gasteiger partial charge in [-0.2, -0.15) is 17.0 Å². The molecule has 1 saturated heterocycles. The SMILES string of the molecule is N#CC1(C(O)C2CCCSC2)CCC1. The maximum Gasteiger partial charge on any atom is 0.0835 e. The van der Waals surface area contributed by atoms with E-state index in [1.807, 2.05) is 11.8 Å². The van der Waals surface area contributed by atoms with Crippen LogP contribution in [0, 0.1) is 22.7 Å². The standard InChI is InChI=1S/C11H17NOS/c12-8-11(4-2-5-11)10(13)9-3-1-6-14-7-9/h9-10,13H,1-7H2. The normalized spacial score (nSPS) is 32.7. The molecule has 0 aromatic rings. The highest BCUT2D eigenvalue weighted by Crippen LogP contribution is 2.47. The Morgan fingerprint density at radius 2 is 2.21 bits per heavy atom. The molecule has 1 N–H and O–H groups in total. The summed E-state index contributed by atoms with van der Waals surface area (Å²) in [6, 6.07) is 2.35. The van der Waals surface area contributed by atoms with E-state index < -0.39 is 0 Å². The second-order valence-corrected chi connectivity index (χ2v) is 5.69. The van der Waals surface area contributed by atoms with Crippen LogP contribution in [0.1, 0.15) is 32.1 Å². The maximum atomic E-state index is 10.2. The van der Waals surface area contributed by atoms with Gasteiger partial charge < -0.3 is 5.11 Å². The molecule has 78 valence electrons. The van der Waals surface area contributed by atoms with Crippen molar-refractivity contribution in [2.24, 2.45) is 11.3 Å². The largest absolute Gasteiger partial charge is 0.391 e. The molecule has 1 aliphatic heterocycles. The molecule has 2 unspecified atom stereocenters. The Labute approximate surface area is 89.7 Å². The molecule has 1 saturated carbocycles. The van der Waals surface area contributed by atoms with Crippen LogP contribution in [0.3, 0.4) is 0 Å². The highest BCUT2D eigenvalue weighted by molar-refractivity contribution is 7.99. The molecule has 3 heteroatoms. The Bertz CT molecular complexity index is 238. The number of aliphatic hydroxyl groups excluding tert-OH is 1. The summed E-state index contributed by atoms with van der Waals surface area (Å²) < 4.78 is 0. The van der Waals surface area contributed by atoms with Gasteiger partial charge in [0, 0.05) is 0 Å². The molecule has 1 aliphatic carbocycles. The Hall–Kier alpha value is -0.200. The molecule has 2 atom stereocenters. The van der Waals surface area contributed by atoms with Crippen molar-refractivity contribution < 1.29 is 5.11 Å². The van der Waals surface area contributed by atoms with Crippen LogP contribution in [0.2, 0.25) is 0 Å². The van der Waals surface area contributed by atoms with Crippen molar-refractivity contribution in [1.29, 1.82) is 5.26 Å². The highest BCUT2D eigenvalue weighted by Gasteiger charge is 2.47. The van der Waals surface area contributed by atoms with Gasteiger partial charge in [-0.1, -0.05) is 6.42 Å². The van der Waals surface area contributed by atoms with Crippen molar-refractivity contribution in [3.63, 3.8) is 0 Å². The van der Waals surface area contributed by atoms with Crippen molar-refractivity contribution >= 4 is 11.8 Å². The van der Waals surface area contributed by atoms with E-state index in [2.05, 4.69) is 6.07 Å². The Morgan fingerprint density at radius 3 is 2.64 bits per heavy atom. The number of hydrogen-bond acceptors (Lipinski definition) is 3. The van der Waals surface area contributed by atoms with Crippen LogP contribution in [-0.4, -0.2) is 22.7 Å². The second-order valence-electron chi connectivity index (χ2n) is 4.54. The Morgan fingerprint density at radius 1 is 1.43 bits per heavy atom. The van der Waals surface area contributed by atoms with Gasteiger partial charge in [-0.05, 0) is 43.1 Å². The number of thioether (sulfide) groups is 1. The highest BCUT2D eigenvalue weighted by atomic mass is 32.2. The predicted molar refractivity (Wildman–Crippen MR) is 58.0 cm³/mol. The van der Waals surface area contributed by atoms with E-state index in [4.69, 9.17) is 5.26 Å². The summed E-state index contributed by atoms with van der Waals surface area (Å²) in [5, 5.41) is 19.3. The average molecular weight is 211 g/mol. The van der Waals surface area contributed by atoms with Crippen molar-refractivity contribution in [3.8, 4) is 6.07 Å². The third kappa shape index (κ3) is 1.66. The molecule has 0 amide bonds. The van der Waals surface area contributed by atoms with Gasteiger partial charge in [0.15, 0.2) is 0 Å².